The number of piperazine rings is 1. The maximum absolute atomic E-state index is 5.00. The minimum absolute atomic E-state index is 0.364. The van der Waals surface area contributed by atoms with Crippen molar-refractivity contribution in [1.29, 1.82) is 0 Å². The van der Waals surface area contributed by atoms with Gasteiger partial charge in [-0.25, -0.2) is 4.99 Å². The normalized spacial score (nSPS) is 23.7. The lowest BCUT2D eigenvalue weighted by molar-refractivity contribution is 0.181. The van der Waals surface area contributed by atoms with Crippen LogP contribution >= 0.6 is 0 Å². The third kappa shape index (κ3) is 3.43. The first-order chi connectivity index (χ1) is 12.6. The van der Waals surface area contributed by atoms with Gasteiger partial charge in [0, 0.05) is 49.9 Å². The summed E-state index contributed by atoms with van der Waals surface area (Å²) >= 11 is 0. The second-order valence-electron chi connectivity index (χ2n) is 7.77. The van der Waals surface area contributed by atoms with Crippen LogP contribution in [0.2, 0.25) is 0 Å². The molecule has 138 valence electrons. The number of piperidine rings is 1. The van der Waals surface area contributed by atoms with Gasteiger partial charge in [-0.3, -0.25) is 4.90 Å². The molecule has 2 fully saturated rings. The molecule has 0 saturated carbocycles. The first kappa shape index (κ1) is 17.3. The van der Waals surface area contributed by atoms with Crippen molar-refractivity contribution in [3.8, 4) is 0 Å². The number of hydrogen-bond acceptors (Lipinski definition) is 4. The standard InChI is InChI=1S/C22H30N4/c1-4-9-25-10-12-26(13-11-25)22-15-19-7-6-18(14-21(19)24-22)20-8-5-16(2)23-17(20)3/h6-7,14,20,23H,2-5,8-13,15H2,1H3. The molecule has 1 N–H and O–H groups in total. The van der Waals surface area contributed by atoms with E-state index >= 15 is 0 Å². The monoisotopic (exact) mass is 350 g/mol. The van der Waals surface area contributed by atoms with Gasteiger partial charge in [-0.1, -0.05) is 32.2 Å². The number of nitrogens with one attached hydrogen (secondary N) is 1. The smallest absolute Gasteiger partial charge is 0.109 e. The summed E-state index contributed by atoms with van der Waals surface area (Å²) < 4.78 is 0. The van der Waals surface area contributed by atoms with Crippen LogP contribution in [0.1, 0.15) is 43.2 Å². The highest BCUT2D eigenvalue weighted by atomic mass is 15.3. The molecule has 1 aromatic rings. The van der Waals surface area contributed by atoms with Crippen LogP contribution in [-0.2, 0) is 6.42 Å². The molecule has 26 heavy (non-hydrogen) atoms. The highest BCUT2D eigenvalue weighted by Crippen LogP contribution is 2.37. The summed E-state index contributed by atoms with van der Waals surface area (Å²) in [5.74, 6) is 1.62. The van der Waals surface area contributed by atoms with E-state index in [-0.39, 0.29) is 0 Å². The SMILES string of the molecule is C=C1CCC(c2ccc3c(c2)N=C(N2CCN(CCC)CC2)C3)C(=C)N1. The maximum Gasteiger partial charge on any atom is 0.109 e. The Morgan fingerprint density at radius 2 is 2.00 bits per heavy atom. The van der Waals surface area contributed by atoms with Gasteiger partial charge in [-0.05, 0) is 43.0 Å². The zero-order valence-corrected chi connectivity index (χ0v) is 15.9. The summed E-state index contributed by atoms with van der Waals surface area (Å²) in [5, 5.41) is 3.33. The second-order valence-corrected chi connectivity index (χ2v) is 7.77. The van der Waals surface area contributed by atoms with E-state index in [1.807, 2.05) is 0 Å². The topological polar surface area (TPSA) is 30.9 Å². The summed E-state index contributed by atoms with van der Waals surface area (Å²) in [5.41, 5.74) is 5.99. The molecule has 0 aromatic heterocycles. The molecule has 3 aliphatic rings. The number of fused-ring (bicyclic) bond motifs is 1. The fourth-order valence-electron chi connectivity index (χ4n) is 4.37. The van der Waals surface area contributed by atoms with Gasteiger partial charge in [0.25, 0.3) is 0 Å². The Labute approximate surface area is 157 Å². The highest BCUT2D eigenvalue weighted by molar-refractivity contribution is 5.92. The molecule has 0 amide bonds. The van der Waals surface area contributed by atoms with Crippen molar-refractivity contribution in [2.24, 2.45) is 4.99 Å². The Bertz CT molecular complexity index is 741. The molecule has 1 aromatic carbocycles. The van der Waals surface area contributed by atoms with Crippen LogP contribution in [-0.4, -0.2) is 48.4 Å². The summed E-state index contributed by atoms with van der Waals surface area (Å²) in [6.07, 6.45) is 4.31. The van der Waals surface area contributed by atoms with E-state index < -0.39 is 0 Å². The van der Waals surface area contributed by atoms with Crippen LogP contribution in [0.5, 0.6) is 0 Å². The fourth-order valence-corrected chi connectivity index (χ4v) is 4.37. The Balaban J connectivity index is 1.46. The summed E-state index contributed by atoms with van der Waals surface area (Å²) in [6.45, 7) is 16.2. The molecule has 1 unspecified atom stereocenters. The van der Waals surface area contributed by atoms with Gasteiger partial charge in [0.2, 0.25) is 0 Å². The van der Waals surface area contributed by atoms with Gasteiger partial charge >= 0.3 is 0 Å². The average Bonchev–Trinajstić information content (AvgIpc) is 3.06. The largest absolute Gasteiger partial charge is 0.363 e. The Morgan fingerprint density at radius 1 is 1.19 bits per heavy atom. The predicted molar refractivity (Wildman–Crippen MR) is 109 cm³/mol. The van der Waals surface area contributed by atoms with Crippen LogP contribution in [0.3, 0.4) is 0 Å². The first-order valence-electron chi connectivity index (χ1n) is 9.95. The molecule has 0 bridgehead atoms. The van der Waals surface area contributed by atoms with E-state index in [9.17, 15) is 0 Å². The number of hydrogen-bond donors (Lipinski definition) is 1. The Hall–Kier alpha value is -2.07. The molecule has 4 nitrogen and oxygen atoms in total. The number of aliphatic imine (C=N–C) groups is 1. The molecule has 0 spiro atoms. The van der Waals surface area contributed by atoms with E-state index in [2.05, 4.69) is 53.4 Å². The third-order valence-electron chi connectivity index (χ3n) is 5.88. The zero-order valence-electron chi connectivity index (χ0n) is 15.9. The third-order valence-corrected chi connectivity index (χ3v) is 5.88. The Morgan fingerprint density at radius 3 is 2.73 bits per heavy atom. The van der Waals surface area contributed by atoms with E-state index in [1.54, 1.807) is 0 Å². The number of nitrogens with zero attached hydrogens (tertiary/aromatic N) is 3. The van der Waals surface area contributed by atoms with Crippen LogP contribution in [0.25, 0.3) is 0 Å². The molecule has 0 radical (unpaired) electrons. The van der Waals surface area contributed by atoms with E-state index in [4.69, 9.17) is 4.99 Å². The van der Waals surface area contributed by atoms with Crippen LogP contribution < -0.4 is 5.32 Å². The van der Waals surface area contributed by atoms with Crippen molar-refractivity contribution < 1.29 is 0 Å². The van der Waals surface area contributed by atoms with Crippen molar-refractivity contribution in [2.45, 2.75) is 38.5 Å². The quantitative estimate of drug-likeness (QED) is 0.900. The molecule has 4 rings (SSSR count). The molecule has 2 saturated heterocycles. The first-order valence-corrected chi connectivity index (χ1v) is 9.95. The Kier molecular flexibility index (Phi) is 4.86. The van der Waals surface area contributed by atoms with Gasteiger partial charge in [-0.2, -0.15) is 0 Å². The van der Waals surface area contributed by atoms with Gasteiger partial charge in [0.15, 0.2) is 0 Å². The number of amidine groups is 1. The van der Waals surface area contributed by atoms with Crippen LogP contribution in [0.15, 0.2) is 47.7 Å². The molecule has 0 aliphatic carbocycles. The minimum Gasteiger partial charge on any atom is -0.363 e. The van der Waals surface area contributed by atoms with Gasteiger partial charge in [0.1, 0.15) is 5.84 Å². The molecular formula is C22H30N4. The number of benzene rings is 1. The van der Waals surface area contributed by atoms with E-state index in [0.29, 0.717) is 5.92 Å². The highest BCUT2D eigenvalue weighted by Gasteiger charge is 2.26. The minimum atomic E-state index is 0.364. The number of allylic oxidation sites excluding steroid dienone is 2. The fraction of sp³-hybridized carbons (Fsp3) is 0.500. The lowest BCUT2D eigenvalue weighted by Crippen LogP contribution is -2.48. The lowest BCUT2D eigenvalue weighted by Gasteiger charge is -2.35. The molecule has 3 heterocycles. The molecule has 3 aliphatic heterocycles. The molecule has 4 heteroatoms. The van der Waals surface area contributed by atoms with E-state index in [1.165, 1.54) is 29.9 Å². The van der Waals surface area contributed by atoms with Crippen molar-refractivity contribution >= 4 is 11.5 Å². The zero-order chi connectivity index (χ0) is 18.1. The van der Waals surface area contributed by atoms with Gasteiger partial charge in [-0.15, -0.1) is 0 Å². The van der Waals surface area contributed by atoms with Crippen molar-refractivity contribution in [1.82, 2.24) is 15.1 Å². The summed E-state index contributed by atoms with van der Waals surface area (Å²) in [7, 11) is 0. The second kappa shape index (κ2) is 7.28. The van der Waals surface area contributed by atoms with Crippen molar-refractivity contribution in [3.05, 3.63) is 53.9 Å². The molecular weight excluding hydrogens is 320 g/mol. The van der Waals surface area contributed by atoms with Gasteiger partial charge < -0.3 is 10.2 Å². The van der Waals surface area contributed by atoms with Crippen molar-refractivity contribution in [3.63, 3.8) is 0 Å². The number of rotatable bonds is 3. The average molecular weight is 351 g/mol. The molecule has 1 atom stereocenters. The summed E-state index contributed by atoms with van der Waals surface area (Å²) in [4.78, 5) is 10.0. The van der Waals surface area contributed by atoms with Crippen LogP contribution in [0.4, 0.5) is 5.69 Å². The lowest BCUT2D eigenvalue weighted by atomic mass is 9.87. The van der Waals surface area contributed by atoms with Gasteiger partial charge in [0.05, 0.1) is 5.69 Å². The van der Waals surface area contributed by atoms with E-state index in [0.717, 1.165) is 62.5 Å². The summed E-state index contributed by atoms with van der Waals surface area (Å²) in [6, 6.07) is 6.81. The predicted octanol–water partition coefficient (Wildman–Crippen LogP) is 3.79. The van der Waals surface area contributed by atoms with Crippen molar-refractivity contribution in [2.75, 3.05) is 32.7 Å². The van der Waals surface area contributed by atoms with Crippen LogP contribution in [0, 0.1) is 0 Å². The maximum atomic E-state index is 5.00.